The van der Waals surface area contributed by atoms with Gasteiger partial charge in [-0.15, -0.1) is 0 Å². The van der Waals surface area contributed by atoms with E-state index in [0.717, 1.165) is 32.6 Å². The molecule has 0 aromatic rings. The molecule has 4 heteroatoms. The predicted molar refractivity (Wildman–Crippen MR) is 48.5 cm³/mol. The summed E-state index contributed by atoms with van der Waals surface area (Å²) in [6, 6.07) is 0. The largest absolute Gasteiger partial charge is 0.449 e. The van der Waals surface area contributed by atoms with Crippen molar-refractivity contribution in [3.63, 3.8) is 0 Å². The molecule has 1 unspecified atom stereocenters. The number of hydrogen-bond acceptors (Lipinski definition) is 3. The fourth-order valence-corrected chi connectivity index (χ4v) is 1.95. The number of nitrogens with zero attached hydrogens (tertiary/aromatic N) is 1. The zero-order valence-corrected chi connectivity index (χ0v) is 7.79. The standard InChI is InChI=1S/C9H16N2O2/c12-9-11(4-1-5-13-9)7-8-2-3-10-6-8/h8,10H,1-7H2. The molecule has 2 saturated heterocycles. The second kappa shape index (κ2) is 3.96. The first kappa shape index (κ1) is 8.81. The van der Waals surface area contributed by atoms with E-state index in [1.54, 1.807) is 0 Å². The molecular weight excluding hydrogens is 168 g/mol. The molecule has 1 atom stereocenters. The number of carbonyl (C=O) groups is 1. The average Bonchev–Trinajstić information content (AvgIpc) is 2.61. The van der Waals surface area contributed by atoms with Crippen molar-refractivity contribution in [3.05, 3.63) is 0 Å². The van der Waals surface area contributed by atoms with Crippen molar-refractivity contribution in [2.75, 3.05) is 32.8 Å². The van der Waals surface area contributed by atoms with Crippen LogP contribution in [0.4, 0.5) is 4.79 Å². The highest BCUT2D eigenvalue weighted by Crippen LogP contribution is 2.13. The minimum atomic E-state index is -0.127. The highest BCUT2D eigenvalue weighted by Gasteiger charge is 2.24. The van der Waals surface area contributed by atoms with Gasteiger partial charge < -0.3 is 15.0 Å². The summed E-state index contributed by atoms with van der Waals surface area (Å²) in [6.07, 6.45) is 2.04. The van der Waals surface area contributed by atoms with Crippen molar-refractivity contribution in [3.8, 4) is 0 Å². The predicted octanol–water partition coefficient (Wildman–Crippen LogP) is 0.438. The maximum Gasteiger partial charge on any atom is 0.409 e. The van der Waals surface area contributed by atoms with E-state index in [0.29, 0.717) is 12.5 Å². The van der Waals surface area contributed by atoms with Gasteiger partial charge in [-0.2, -0.15) is 0 Å². The van der Waals surface area contributed by atoms with Gasteiger partial charge in [-0.3, -0.25) is 0 Å². The third-order valence-electron chi connectivity index (χ3n) is 2.70. The Labute approximate surface area is 78.2 Å². The first-order chi connectivity index (χ1) is 6.36. The third kappa shape index (κ3) is 2.12. The lowest BCUT2D eigenvalue weighted by Gasteiger charge is -2.28. The van der Waals surface area contributed by atoms with Crippen molar-refractivity contribution in [2.45, 2.75) is 12.8 Å². The minimum absolute atomic E-state index is 0.127. The van der Waals surface area contributed by atoms with E-state index in [-0.39, 0.29) is 6.09 Å². The number of rotatable bonds is 2. The molecule has 1 N–H and O–H groups in total. The maximum atomic E-state index is 11.3. The highest BCUT2D eigenvalue weighted by molar-refractivity contribution is 5.68. The van der Waals surface area contributed by atoms with E-state index in [2.05, 4.69) is 5.32 Å². The van der Waals surface area contributed by atoms with Crippen LogP contribution in [0.25, 0.3) is 0 Å². The summed E-state index contributed by atoms with van der Waals surface area (Å²) in [7, 11) is 0. The summed E-state index contributed by atoms with van der Waals surface area (Å²) in [4.78, 5) is 13.1. The Morgan fingerprint density at radius 2 is 2.54 bits per heavy atom. The number of carbonyl (C=O) groups excluding carboxylic acids is 1. The molecule has 0 bridgehead atoms. The smallest absolute Gasteiger partial charge is 0.409 e. The molecule has 74 valence electrons. The van der Waals surface area contributed by atoms with E-state index < -0.39 is 0 Å². The Balaban J connectivity index is 1.81. The van der Waals surface area contributed by atoms with Gasteiger partial charge in [0.2, 0.25) is 0 Å². The summed E-state index contributed by atoms with van der Waals surface area (Å²) in [5.41, 5.74) is 0. The fraction of sp³-hybridized carbons (Fsp3) is 0.889. The second-order valence-corrected chi connectivity index (χ2v) is 3.77. The first-order valence-electron chi connectivity index (χ1n) is 4.98. The van der Waals surface area contributed by atoms with E-state index in [9.17, 15) is 4.79 Å². The van der Waals surface area contributed by atoms with E-state index in [4.69, 9.17) is 4.74 Å². The normalized spacial score (nSPS) is 29.1. The first-order valence-corrected chi connectivity index (χ1v) is 4.98. The molecule has 0 radical (unpaired) electrons. The molecule has 0 aromatic carbocycles. The number of hydrogen-bond donors (Lipinski definition) is 1. The van der Waals surface area contributed by atoms with Crippen LogP contribution in [0.15, 0.2) is 0 Å². The lowest BCUT2D eigenvalue weighted by atomic mass is 10.1. The molecule has 13 heavy (non-hydrogen) atoms. The van der Waals surface area contributed by atoms with Crippen molar-refractivity contribution in [1.29, 1.82) is 0 Å². The Morgan fingerprint density at radius 1 is 1.62 bits per heavy atom. The molecule has 0 aliphatic carbocycles. The fourth-order valence-electron chi connectivity index (χ4n) is 1.95. The molecule has 0 spiro atoms. The average molecular weight is 184 g/mol. The van der Waals surface area contributed by atoms with Crippen LogP contribution >= 0.6 is 0 Å². The van der Waals surface area contributed by atoms with Crippen LogP contribution in [0.5, 0.6) is 0 Å². The Morgan fingerprint density at radius 3 is 3.23 bits per heavy atom. The second-order valence-electron chi connectivity index (χ2n) is 3.77. The van der Waals surface area contributed by atoms with Crippen LogP contribution in [-0.2, 0) is 4.74 Å². The topological polar surface area (TPSA) is 41.6 Å². The summed E-state index contributed by atoms with van der Waals surface area (Å²) in [6.45, 7) is 4.47. The van der Waals surface area contributed by atoms with Gasteiger partial charge in [-0.25, -0.2) is 4.79 Å². The number of nitrogens with one attached hydrogen (secondary N) is 1. The number of ether oxygens (including phenoxy) is 1. The van der Waals surface area contributed by atoms with Crippen molar-refractivity contribution >= 4 is 6.09 Å². The van der Waals surface area contributed by atoms with E-state index in [1.165, 1.54) is 6.42 Å². The number of cyclic esters (lactones) is 1. The Hall–Kier alpha value is -0.770. The van der Waals surface area contributed by atoms with Gasteiger partial charge in [0, 0.05) is 13.1 Å². The van der Waals surface area contributed by atoms with Crippen LogP contribution < -0.4 is 5.32 Å². The van der Waals surface area contributed by atoms with Gasteiger partial charge in [0.25, 0.3) is 0 Å². The summed E-state index contributed by atoms with van der Waals surface area (Å²) >= 11 is 0. The van der Waals surface area contributed by atoms with E-state index in [1.807, 2.05) is 4.90 Å². The van der Waals surface area contributed by atoms with Crippen LogP contribution in [-0.4, -0.2) is 43.8 Å². The molecule has 0 aromatic heterocycles. The molecule has 4 nitrogen and oxygen atoms in total. The van der Waals surface area contributed by atoms with Crippen LogP contribution in [0.1, 0.15) is 12.8 Å². The minimum Gasteiger partial charge on any atom is -0.449 e. The van der Waals surface area contributed by atoms with Gasteiger partial charge in [-0.1, -0.05) is 0 Å². The molecule has 2 aliphatic heterocycles. The molecule has 2 fully saturated rings. The monoisotopic (exact) mass is 184 g/mol. The SMILES string of the molecule is O=C1OCCCN1CC1CCNC1. The van der Waals surface area contributed by atoms with Gasteiger partial charge in [0.1, 0.15) is 0 Å². The molecule has 0 saturated carbocycles. The lowest BCUT2D eigenvalue weighted by molar-refractivity contribution is 0.0676. The van der Waals surface area contributed by atoms with Gasteiger partial charge in [0.15, 0.2) is 0 Å². The van der Waals surface area contributed by atoms with Crippen molar-refractivity contribution in [2.24, 2.45) is 5.92 Å². The van der Waals surface area contributed by atoms with Crippen LogP contribution in [0.2, 0.25) is 0 Å². The zero-order chi connectivity index (χ0) is 9.10. The highest BCUT2D eigenvalue weighted by atomic mass is 16.6. The third-order valence-corrected chi connectivity index (χ3v) is 2.70. The maximum absolute atomic E-state index is 11.3. The molecule has 2 rings (SSSR count). The van der Waals surface area contributed by atoms with Gasteiger partial charge >= 0.3 is 6.09 Å². The van der Waals surface area contributed by atoms with E-state index >= 15 is 0 Å². The number of amides is 1. The van der Waals surface area contributed by atoms with Crippen molar-refractivity contribution < 1.29 is 9.53 Å². The van der Waals surface area contributed by atoms with Crippen LogP contribution in [0.3, 0.4) is 0 Å². The van der Waals surface area contributed by atoms with Gasteiger partial charge in [0.05, 0.1) is 6.61 Å². The van der Waals surface area contributed by atoms with Crippen LogP contribution in [0, 0.1) is 5.92 Å². The molecular formula is C9H16N2O2. The Bertz CT molecular complexity index is 190. The Kier molecular flexibility index (Phi) is 2.68. The molecule has 1 amide bonds. The molecule has 2 heterocycles. The summed E-state index contributed by atoms with van der Waals surface area (Å²) in [5, 5.41) is 3.30. The van der Waals surface area contributed by atoms with Crippen molar-refractivity contribution in [1.82, 2.24) is 10.2 Å². The quantitative estimate of drug-likeness (QED) is 0.677. The molecule has 2 aliphatic rings. The van der Waals surface area contributed by atoms with Gasteiger partial charge in [-0.05, 0) is 31.8 Å². The zero-order valence-electron chi connectivity index (χ0n) is 7.79. The lowest BCUT2D eigenvalue weighted by Crippen LogP contribution is -2.41. The summed E-state index contributed by atoms with van der Waals surface area (Å²) in [5.74, 6) is 0.630. The summed E-state index contributed by atoms with van der Waals surface area (Å²) < 4.78 is 4.97.